The molecule has 7 nitrogen and oxygen atoms in total. The van der Waals surface area contributed by atoms with Crippen LogP contribution in [0.4, 0.5) is 10.1 Å². The van der Waals surface area contributed by atoms with Crippen molar-refractivity contribution in [2.24, 2.45) is 17.0 Å². The van der Waals surface area contributed by atoms with Gasteiger partial charge in [-0.05, 0) is 0 Å². The molecular weight excluding hydrogens is 652 g/mol. The normalized spacial score (nSPS) is 23.3. The number of aryl methyl sites for hydroxylation is 1. The van der Waals surface area contributed by atoms with Crippen LogP contribution in [-0.4, -0.2) is 54.5 Å². The molecular formula is C27H32FN4O3Tl. The van der Waals surface area contributed by atoms with Crippen LogP contribution >= 0.6 is 0 Å². The summed E-state index contributed by atoms with van der Waals surface area (Å²) in [7, 11) is 1.56. The van der Waals surface area contributed by atoms with Gasteiger partial charge < -0.3 is 0 Å². The number of halogens is 1. The Morgan fingerprint density at radius 1 is 1.31 bits per heavy atom. The van der Waals surface area contributed by atoms with E-state index in [1.807, 2.05) is 0 Å². The number of nitrogens with zero attached hydrogens (tertiary/aromatic N) is 2. The Morgan fingerprint density at radius 3 is 2.67 bits per heavy atom. The third-order valence-electron chi connectivity index (χ3n) is 7.86. The zero-order valence-corrected chi connectivity index (χ0v) is 25.2. The Balaban J connectivity index is 1.61. The number of hydrazine groups is 1. The summed E-state index contributed by atoms with van der Waals surface area (Å²) in [6.07, 6.45) is 7.86. The summed E-state index contributed by atoms with van der Waals surface area (Å²) in [5.74, 6) is 6.31. The fraction of sp³-hybridized carbons (Fsp3) is 0.407. The summed E-state index contributed by atoms with van der Waals surface area (Å²) in [4.78, 5) is 16.2. The van der Waals surface area contributed by atoms with Gasteiger partial charge in [0.05, 0.1) is 0 Å². The molecule has 0 radical (unpaired) electrons. The molecule has 0 aliphatic heterocycles. The van der Waals surface area contributed by atoms with E-state index in [1.165, 1.54) is 20.8 Å². The molecule has 1 fully saturated rings. The molecule has 188 valence electrons. The van der Waals surface area contributed by atoms with Crippen molar-refractivity contribution in [1.29, 1.82) is 0 Å². The van der Waals surface area contributed by atoms with E-state index in [-0.39, 0.29) is 17.7 Å². The maximum absolute atomic E-state index is 13.4. The van der Waals surface area contributed by atoms with Gasteiger partial charge in [-0.15, -0.1) is 0 Å². The van der Waals surface area contributed by atoms with Crippen molar-refractivity contribution >= 4 is 37.4 Å². The summed E-state index contributed by atoms with van der Waals surface area (Å²) in [6, 6.07) is 7.89. The van der Waals surface area contributed by atoms with Gasteiger partial charge in [-0.1, -0.05) is 0 Å². The molecule has 2 atom stereocenters. The predicted octanol–water partition coefficient (Wildman–Crippen LogP) is 3.20. The molecule has 2 aromatic rings. The number of allylic oxidation sites excluding steroid dienone is 2. The number of rotatable bonds is 9. The number of ether oxygens (including phenoxy) is 1. The second kappa shape index (κ2) is 10.6. The molecule has 5 N–H and O–H groups in total. The van der Waals surface area contributed by atoms with Crippen molar-refractivity contribution in [2.75, 3.05) is 12.1 Å². The number of aromatic nitrogens is 1. The van der Waals surface area contributed by atoms with Crippen molar-refractivity contribution in [2.45, 2.75) is 57.5 Å². The number of primary amides is 1. The van der Waals surface area contributed by atoms with Crippen LogP contribution in [0, 0.1) is 11.2 Å². The van der Waals surface area contributed by atoms with Gasteiger partial charge in [-0.25, -0.2) is 0 Å². The van der Waals surface area contributed by atoms with Crippen molar-refractivity contribution in [3.8, 4) is 5.75 Å². The summed E-state index contributed by atoms with van der Waals surface area (Å²) < 4.78 is 20.1. The van der Waals surface area contributed by atoms with E-state index in [4.69, 9.17) is 16.3 Å². The van der Waals surface area contributed by atoms with Crippen molar-refractivity contribution in [3.05, 3.63) is 74.1 Å². The second-order valence-electron chi connectivity index (χ2n) is 9.65. The first-order valence-electron chi connectivity index (χ1n) is 12.2. The van der Waals surface area contributed by atoms with E-state index in [0.29, 0.717) is 56.3 Å². The molecule has 1 saturated carbocycles. The molecule has 2 aliphatic rings. The molecule has 1 amide bonds. The summed E-state index contributed by atoms with van der Waals surface area (Å²) in [5.41, 5.74) is 8.50. The van der Waals surface area contributed by atoms with Crippen molar-refractivity contribution < 1.29 is 19.0 Å². The summed E-state index contributed by atoms with van der Waals surface area (Å²) >= 11 is 0.532. The van der Waals surface area contributed by atoms with Crippen LogP contribution in [0.5, 0.6) is 5.75 Å². The fourth-order valence-electron chi connectivity index (χ4n) is 5.90. The summed E-state index contributed by atoms with van der Waals surface area (Å²) in [5, 5.41) is 13.7. The van der Waals surface area contributed by atoms with E-state index < -0.39 is 11.5 Å². The molecule has 0 bridgehead atoms. The topological polar surface area (TPSA) is 115 Å². The zero-order chi connectivity index (χ0) is 26.1. The fourth-order valence-corrected chi connectivity index (χ4v) is 8.12. The number of carbonyl (C=O) groups is 1. The number of aliphatic hydroxyl groups is 1. The monoisotopic (exact) mass is 684 g/mol. The molecule has 0 unspecified atom stereocenters. The first kappa shape index (κ1) is 26.7. The quantitative estimate of drug-likeness (QED) is 0.213. The number of methoxy groups -OCH3 is 1. The third kappa shape index (κ3) is 4.82. The Morgan fingerprint density at radius 2 is 2.03 bits per heavy atom. The van der Waals surface area contributed by atoms with Crippen LogP contribution in [0.1, 0.15) is 50.3 Å². The van der Waals surface area contributed by atoms with Gasteiger partial charge in [0.1, 0.15) is 0 Å². The number of nitrogens with two attached hydrogens (primary N) is 2. The van der Waals surface area contributed by atoms with E-state index in [0.717, 1.165) is 36.3 Å². The van der Waals surface area contributed by atoms with Crippen molar-refractivity contribution in [3.63, 3.8) is 0 Å². The van der Waals surface area contributed by atoms with E-state index >= 15 is 0 Å². The Kier molecular flexibility index (Phi) is 7.87. The van der Waals surface area contributed by atoms with E-state index in [9.17, 15) is 14.3 Å². The maximum atomic E-state index is 13.4. The number of fused-ring (bicyclic) bond motifs is 1. The van der Waals surface area contributed by atoms with Gasteiger partial charge in [-0.2, -0.15) is 0 Å². The van der Waals surface area contributed by atoms with E-state index in [1.54, 1.807) is 36.5 Å². The molecule has 2 aliphatic carbocycles. The average molecular weight is 684 g/mol. The molecule has 4 rings (SSSR count). The SMILES string of the molecule is CC[C@]12C[C]([Tl])=C(N(N)c3ccc(F)cc3)C=C1CC[C@@]2(O)CCc1nccc(OC)c1CC(N)=O. The van der Waals surface area contributed by atoms with Crippen molar-refractivity contribution in [1.82, 2.24) is 4.98 Å². The molecule has 1 heterocycles. The molecule has 0 spiro atoms. The summed E-state index contributed by atoms with van der Waals surface area (Å²) in [6.45, 7) is 2.13. The molecule has 9 heteroatoms. The number of amides is 1. The van der Waals surface area contributed by atoms with E-state index in [2.05, 4.69) is 18.0 Å². The molecule has 1 aromatic carbocycles. The number of hydrogen-bond donors (Lipinski definition) is 3. The van der Waals surface area contributed by atoms with Crippen LogP contribution in [-0.2, 0) is 17.6 Å². The third-order valence-corrected chi connectivity index (χ3v) is 9.81. The number of anilines is 1. The zero-order valence-electron chi connectivity index (χ0n) is 20.8. The predicted molar refractivity (Wildman–Crippen MR) is 137 cm³/mol. The van der Waals surface area contributed by atoms with Crippen LogP contribution in [0.3, 0.4) is 0 Å². The van der Waals surface area contributed by atoms with Crippen LogP contribution < -0.4 is 21.3 Å². The minimum atomic E-state index is -0.913. The van der Waals surface area contributed by atoms with Gasteiger partial charge >= 0.3 is 228 Å². The molecule has 0 saturated heterocycles. The van der Waals surface area contributed by atoms with Crippen LogP contribution in [0.2, 0.25) is 0 Å². The Hall–Kier alpha value is -2.31. The minimum absolute atomic E-state index is 0.0441. The number of carbonyl (C=O) groups excluding carboxylic acids is 1. The molecule has 1 aromatic heterocycles. The van der Waals surface area contributed by atoms with Crippen LogP contribution in [0.15, 0.2) is 57.0 Å². The van der Waals surface area contributed by atoms with Gasteiger partial charge in [0.2, 0.25) is 0 Å². The number of benzene rings is 1. The van der Waals surface area contributed by atoms with Gasteiger partial charge in [0.15, 0.2) is 0 Å². The average Bonchev–Trinajstić information content (AvgIpc) is 3.14. The Bertz CT molecular complexity index is 1220. The standard InChI is InChI=1S/C27H32FN4O3.Tl/c1-3-26-12-9-21(32(30)20-6-4-19(28)5-7-20)16-18(26)8-13-27(26,34)14-10-23-22(17-25(29)33)24(35-2)11-15-31-23;/h4-7,11,15-16,34H,3,8,10,12-14,17,30H2,1-2H3,(H2,29,33);/t26-,27+;/m0./s1. The van der Waals surface area contributed by atoms with Crippen LogP contribution in [0.25, 0.3) is 0 Å². The van der Waals surface area contributed by atoms with Gasteiger partial charge in [-0.3, -0.25) is 0 Å². The number of pyridine rings is 1. The second-order valence-corrected chi connectivity index (χ2v) is 12.4. The Labute approximate surface area is 227 Å². The van der Waals surface area contributed by atoms with Gasteiger partial charge in [0.25, 0.3) is 0 Å². The number of hydrogen-bond acceptors (Lipinski definition) is 6. The first-order chi connectivity index (χ1) is 17.1. The first-order valence-corrected chi connectivity index (χ1v) is 14.4. The molecule has 36 heavy (non-hydrogen) atoms. The van der Waals surface area contributed by atoms with Gasteiger partial charge in [0, 0.05) is 0 Å².